The summed E-state index contributed by atoms with van der Waals surface area (Å²) in [5.74, 6) is 4.93. The second-order valence-electron chi connectivity index (χ2n) is 3.71. The number of hydrogen-bond acceptors (Lipinski definition) is 2. The number of hydrazine groups is 1. The Hall–Kier alpha value is -1.81. The summed E-state index contributed by atoms with van der Waals surface area (Å²) < 4.78 is 2.00. The van der Waals surface area contributed by atoms with Gasteiger partial charge in [0, 0.05) is 17.4 Å². The summed E-state index contributed by atoms with van der Waals surface area (Å²) in [4.78, 5) is 11.6. The molecule has 0 saturated heterocycles. The van der Waals surface area contributed by atoms with Crippen LogP contribution in [0.4, 0.5) is 0 Å². The molecule has 0 saturated carbocycles. The minimum atomic E-state index is -0.246. The number of nitrogens with zero attached hydrogens (tertiary/aromatic N) is 1. The average molecular weight is 217 g/mol. The maximum absolute atomic E-state index is 11.6. The van der Waals surface area contributed by atoms with Crippen LogP contribution in [0.5, 0.6) is 0 Å². The molecule has 0 spiro atoms. The highest BCUT2D eigenvalue weighted by Gasteiger charge is 2.13. The fourth-order valence-corrected chi connectivity index (χ4v) is 1.94. The van der Waals surface area contributed by atoms with E-state index in [1.165, 1.54) is 0 Å². The number of carbonyl (C=O) groups excluding carboxylic acids is 1. The fourth-order valence-electron chi connectivity index (χ4n) is 1.94. The Kier molecular flexibility index (Phi) is 2.92. The fraction of sp³-hybridized carbons (Fsp3) is 0.250. The summed E-state index contributed by atoms with van der Waals surface area (Å²) >= 11 is 0. The first kappa shape index (κ1) is 10.7. The topological polar surface area (TPSA) is 60.0 Å². The smallest absolute Gasteiger partial charge is 0.281 e. The van der Waals surface area contributed by atoms with Crippen LogP contribution in [0.15, 0.2) is 30.3 Å². The van der Waals surface area contributed by atoms with E-state index >= 15 is 0 Å². The van der Waals surface area contributed by atoms with Crippen molar-refractivity contribution in [3.05, 3.63) is 36.0 Å². The summed E-state index contributed by atoms with van der Waals surface area (Å²) in [7, 11) is 0. The van der Waals surface area contributed by atoms with Gasteiger partial charge in [0.05, 0.1) is 0 Å². The third kappa shape index (κ3) is 1.67. The monoisotopic (exact) mass is 217 g/mol. The molecule has 3 N–H and O–H groups in total. The number of nitrogens with one attached hydrogen (secondary N) is 1. The Morgan fingerprint density at radius 1 is 1.44 bits per heavy atom. The van der Waals surface area contributed by atoms with Crippen LogP contribution in [0.2, 0.25) is 0 Å². The van der Waals surface area contributed by atoms with Crippen molar-refractivity contribution in [1.29, 1.82) is 0 Å². The van der Waals surface area contributed by atoms with E-state index in [1.807, 2.05) is 34.9 Å². The van der Waals surface area contributed by atoms with Crippen molar-refractivity contribution < 1.29 is 4.79 Å². The Bertz CT molecular complexity index is 516. The molecule has 1 heterocycles. The molecule has 1 aromatic heterocycles. The number of fused-ring (bicyclic) bond motifs is 1. The van der Waals surface area contributed by atoms with Gasteiger partial charge in [-0.2, -0.15) is 0 Å². The summed E-state index contributed by atoms with van der Waals surface area (Å²) in [6.07, 6.45) is 0.976. The lowest BCUT2D eigenvalue weighted by Crippen LogP contribution is -2.31. The highest BCUT2D eigenvalue weighted by atomic mass is 16.2. The van der Waals surface area contributed by atoms with Gasteiger partial charge in [-0.25, -0.2) is 5.84 Å². The number of nitrogen functional groups attached to an aromatic ring is 1. The van der Waals surface area contributed by atoms with Gasteiger partial charge in [-0.1, -0.05) is 25.1 Å². The Balaban J connectivity index is 2.62. The van der Waals surface area contributed by atoms with Gasteiger partial charge >= 0.3 is 0 Å². The second kappa shape index (κ2) is 4.37. The van der Waals surface area contributed by atoms with E-state index in [4.69, 9.17) is 5.84 Å². The number of hydrogen-bond donors (Lipinski definition) is 2. The summed E-state index contributed by atoms with van der Waals surface area (Å²) in [5.41, 5.74) is 3.87. The zero-order chi connectivity index (χ0) is 11.5. The van der Waals surface area contributed by atoms with Crippen LogP contribution >= 0.6 is 0 Å². The minimum absolute atomic E-state index is 0.246. The van der Waals surface area contributed by atoms with Crippen LogP contribution < -0.4 is 11.3 Å². The predicted molar refractivity (Wildman–Crippen MR) is 63.9 cm³/mol. The number of amides is 1. The molecule has 4 nitrogen and oxygen atoms in total. The summed E-state index contributed by atoms with van der Waals surface area (Å²) in [6.45, 7) is 2.90. The Labute approximate surface area is 94.0 Å². The normalized spacial score (nSPS) is 10.6. The van der Waals surface area contributed by atoms with Crippen LogP contribution in [0.1, 0.15) is 23.8 Å². The third-order valence-corrected chi connectivity index (χ3v) is 2.62. The lowest BCUT2D eigenvalue weighted by Gasteiger charge is -2.07. The average Bonchev–Trinajstić information content (AvgIpc) is 2.68. The zero-order valence-corrected chi connectivity index (χ0v) is 9.23. The molecule has 1 amide bonds. The standard InChI is InChI=1S/C12H15N3O/c1-2-7-15-10-6-4-3-5-9(10)8-11(15)12(16)14-13/h3-6,8H,2,7,13H2,1H3,(H,14,16). The van der Waals surface area contributed by atoms with Crippen LogP contribution in [0.25, 0.3) is 10.9 Å². The molecule has 0 bridgehead atoms. The molecule has 0 fully saturated rings. The van der Waals surface area contributed by atoms with E-state index in [0.29, 0.717) is 5.69 Å². The predicted octanol–water partition coefficient (Wildman–Crippen LogP) is 1.65. The van der Waals surface area contributed by atoms with Crippen molar-refractivity contribution in [2.75, 3.05) is 0 Å². The van der Waals surface area contributed by atoms with Gasteiger partial charge in [0.25, 0.3) is 5.91 Å². The largest absolute Gasteiger partial charge is 0.336 e. The second-order valence-corrected chi connectivity index (χ2v) is 3.71. The molecule has 0 aliphatic heterocycles. The van der Waals surface area contributed by atoms with Gasteiger partial charge in [0.1, 0.15) is 5.69 Å². The molecule has 0 radical (unpaired) electrons. The van der Waals surface area contributed by atoms with Crippen molar-refractivity contribution in [2.24, 2.45) is 5.84 Å². The number of aromatic nitrogens is 1. The summed E-state index contributed by atoms with van der Waals surface area (Å²) in [5, 5.41) is 1.06. The highest BCUT2D eigenvalue weighted by molar-refractivity contribution is 5.98. The molecule has 4 heteroatoms. The molecule has 0 unspecified atom stereocenters. The number of aryl methyl sites for hydroxylation is 1. The Morgan fingerprint density at radius 3 is 2.88 bits per heavy atom. The number of carbonyl (C=O) groups is 1. The lowest BCUT2D eigenvalue weighted by atomic mass is 10.2. The van der Waals surface area contributed by atoms with E-state index in [0.717, 1.165) is 23.9 Å². The van der Waals surface area contributed by atoms with E-state index in [9.17, 15) is 4.79 Å². The molecular formula is C12H15N3O. The van der Waals surface area contributed by atoms with Crippen molar-refractivity contribution in [3.63, 3.8) is 0 Å². The van der Waals surface area contributed by atoms with Gasteiger partial charge in [-0.15, -0.1) is 0 Å². The van der Waals surface area contributed by atoms with Crippen molar-refractivity contribution in [1.82, 2.24) is 9.99 Å². The SMILES string of the molecule is CCCn1c(C(=O)NN)cc2ccccc21. The molecular weight excluding hydrogens is 202 g/mol. The zero-order valence-electron chi connectivity index (χ0n) is 9.23. The first-order valence-corrected chi connectivity index (χ1v) is 5.37. The maximum Gasteiger partial charge on any atom is 0.281 e. The maximum atomic E-state index is 11.6. The van der Waals surface area contributed by atoms with Crippen molar-refractivity contribution in [3.8, 4) is 0 Å². The molecule has 2 aromatic rings. The van der Waals surface area contributed by atoms with Gasteiger partial charge in [-0.3, -0.25) is 10.2 Å². The van der Waals surface area contributed by atoms with Crippen LogP contribution in [-0.2, 0) is 6.54 Å². The van der Waals surface area contributed by atoms with E-state index in [1.54, 1.807) is 0 Å². The van der Waals surface area contributed by atoms with Gasteiger partial charge in [-0.05, 0) is 18.6 Å². The molecule has 16 heavy (non-hydrogen) atoms. The molecule has 84 valence electrons. The molecule has 1 aromatic carbocycles. The first-order valence-electron chi connectivity index (χ1n) is 5.37. The number of rotatable bonds is 3. The van der Waals surface area contributed by atoms with Crippen LogP contribution in [0.3, 0.4) is 0 Å². The van der Waals surface area contributed by atoms with Crippen molar-refractivity contribution >= 4 is 16.8 Å². The quantitative estimate of drug-likeness (QED) is 0.466. The molecule has 0 atom stereocenters. The number of nitrogens with two attached hydrogens (primary N) is 1. The Morgan fingerprint density at radius 2 is 2.19 bits per heavy atom. The van der Waals surface area contributed by atoms with E-state index in [-0.39, 0.29) is 5.91 Å². The highest BCUT2D eigenvalue weighted by Crippen LogP contribution is 2.20. The van der Waals surface area contributed by atoms with Gasteiger partial charge < -0.3 is 4.57 Å². The molecule has 0 aliphatic rings. The molecule has 0 aliphatic carbocycles. The number of para-hydroxylation sites is 1. The minimum Gasteiger partial charge on any atom is -0.336 e. The van der Waals surface area contributed by atoms with Crippen LogP contribution in [-0.4, -0.2) is 10.5 Å². The van der Waals surface area contributed by atoms with Gasteiger partial charge in [0.2, 0.25) is 0 Å². The summed E-state index contributed by atoms with van der Waals surface area (Å²) in [6, 6.07) is 9.81. The van der Waals surface area contributed by atoms with E-state index in [2.05, 4.69) is 12.3 Å². The first-order chi connectivity index (χ1) is 7.77. The third-order valence-electron chi connectivity index (χ3n) is 2.62. The lowest BCUT2D eigenvalue weighted by molar-refractivity contribution is 0.0944. The molecule has 2 rings (SSSR count). The number of benzene rings is 1. The van der Waals surface area contributed by atoms with Crippen LogP contribution in [0, 0.1) is 0 Å². The van der Waals surface area contributed by atoms with Crippen molar-refractivity contribution in [2.45, 2.75) is 19.9 Å². The van der Waals surface area contributed by atoms with Gasteiger partial charge in [0.15, 0.2) is 0 Å². The van der Waals surface area contributed by atoms with E-state index < -0.39 is 0 Å².